The summed E-state index contributed by atoms with van der Waals surface area (Å²) in [6, 6.07) is 0. The smallest absolute Gasteiger partial charge is 0.211 e. The molecule has 2 rings (SSSR count). The van der Waals surface area contributed by atoms with Crippen LogP contribution in [0.4, 0.5) is 0 Å². The van der Waals surface area contributed by atoms with E-state index in [1.807, 2.05) is 12.2 Å². The van der Waals surface area contributed by atoms with Crippen molar-refractivity contribution in [1.29, 1.82) is 0 Å². The van der Waals surface area contributed by atoms with Crippen LogP contribution in [0.5, 0.6) is 0 Å². The highest BCUT2D eigenvalue weighted by molar-refractivity contribution is 6.06. The fraction of sp³-hybridized carbons (Fsp3) is 0.125. The second kappa shape index (κ2) is 1.84. The van der Waals surface area contributed by atoms with Crippen molar-refractivity contribution in [2.45, 2.75) is 6.42 Å². The van der Waals surface area contributed by atoms with Crippen molar-refractivity contribution in [3.8, 4) is 0 Å². The molecule has 1 heterocycles. The number of hydrogen-bond donors (Lipinski definition) is 1. The molecule has 49 valence electrons. The van der Waals surface area contributed by atoms with Crippen molar-refractivity contribution in [2.24, 2.45) is 4.99 Å². The summed E-state index contributed by atoms with van der Waals surface area (Å²) in [5.41, 5.74) is 1.93. The van der Waals surface area contributed by atoms with Crippen molar-refractivity contribution in [1.82, 2.24) is 0 Å². The number of allylic oxidation sites excluding steroid dienone is 5. The number of aliphatic hydroxyl groups excluding tert-OH is 1. The first-order chi connectivity index (χ1) is 4.86. The lowest BCUT2D eigenvalue weighted by molar-refractivity contribution is 0.409. The highest BCUT2D eigenvalue weighted by atomic mass is 16.3. The SMILES string of the molecule is OC1=CC2=CC=[C]CC2=N1. The molecule has 0 aromatic rings. The molecule has 10 heavy (non-hydrogen) atoms. The van der Waals surface area contributed by atoms with Crippen molar-refractivity contribution in [3.05, 3.63) is 35.8 Å². The van der Waals surface area contributed by atoms with Gasteiger partial charge in [-0.1, -0.05) is 12.2 Å². The van der Waals surface area contributed by atoms with Crippen LogP contribution in [0.25, 0.3) is 0 Å². The molecule has 0 atom stereocenters. The Morgan fingerprint density at radius 1 is 1.60 bits per heavy atom. The molecule has 1 aliphatic heterocycles. The molecule has 0 saturated heterocycles. The minimum atomic E-state index is 0.110. The third-order valence-electron chi connectivity index (χ3n) is 1.52. The van der Waals surface area contributed by atoms with Gasteiger partial charge in [-0.2, -0.15) is 0 Å². The number of rotatable bonds is 0. The van der Waals surface area contributed by atoms with Gasteiger partial charge in [-0.3, -0.25) is 0 Å². The van der Waals surface area contributed by atoms with Crippen molar-refractivity contribution >= 4 is 5.71 Å². The summed E-state index contributed by atoms with van der Waals surface area (Å²) < 4.78 is 0. The van der Waals surface area contributed by atoms with E-state index in [2.05, 4.69) is 11.1 Å². The first-order valence-electron chi connectivity index (χ1n) is 3.12. The lowest BCUT2D eigenvalue weighted by Crippen LogP contribution is -1.98. The molecule has 0 saturated carbocycles. The molecule has 2 nitrogen and oxygen atoms in total. The van der Waals surface area contributed by atoms with Crippen LogP contribution in [0.3, 0.4) is 0 Å². The molecule has 1 N–H and O–H groups in total. The van der Waals surface area contributed by atoms with Crippen LogP contribution in [0.2, 0.25) is 0 Å². The highest BCUT2D eigenvalue weighted by Crippen LogP contribution is 2.19. The number of aliphatic hydroxyl groups is 1. The van der Waals surface area contributed by atoms with E-state index in [-0.39, 0.29) is 5.88 Å². The van der Waals surface area contributed by atoms with Crippen LogP contribution in [-0.2, 0) is 0 Å². The predicted octanol–water partition coefficient (Wildman–Crippen LogP) is 1.53. The number of aliphatic imine (C=N–C) groups is 1. The van der Waals surface area contributed by atoms with E-state index in [0.717, 1.165) is 11.3 Å². The first-order valence-corrected chi connectivity index (χ1v) is 3.12. The molecule has 0 aromatic heterocycles. The molecule has 0 amide bonds. The maximum absolute atomic E-state index is 8.95. The molecule has 0 bridgehead atoms. The normalized spacial score (nSPS) is 21.4. The van der Waals surface area contributed by atoms with Crippen molar-refractivity contribution in [3.63, 3.8) is 0 Å². The van der Waals surface area contributed by atoms with E-state index in [0.29, 0.717) is 6.42 Å². The molecule has 0 unspecified atom stereocenters. The van der Waals surface area contributed by atoms with Gasteiger partial charge < -0.3 is 5.11 Å². The van der Waals surface area contributed by atoms with Gasteiger partial charge >= 0.3 is 0 Å². The van der Waals surface area contributed by atoms with Gasteiger partial charge in [0, 0.05) is 18.1 Å². The Labute approximate surface area is 58.9 Å². The minimum Gasteiger partial charge on any atom is -0.493 e. The second-order valence-electron chi connectivity index (χ2n) is 2.23. The molecule has 2 aliphatic rings. The van der Waals surface area contributed by atoms with E-state index in [9.17, 15) is 0 Å². The summed E-state index contributed by atoms with van der Waals surface area (Å²) in [5, 5.41) is 8.95. The maximum Gasteiger partial charge on any atom is 0.211 e. The second-order valence-corrected chi connectivity index (χ2v) is 2.23. The Hall–Kier alpha value is -1.31. The lowest BCUT2D eigenvalue weighted by Gasteiger charge is -1.99. The van der Waals surface area contributed by atoms with E-state index in [1.54, 1.807) is 6.08 Å². The molecule has 1 radical (unpaired) electrons. The van der Waals surface area contributed by atoms with Crippen LogP contribution >= 0.6 is 0 Å². The van der Waals surface area contributed by atoms with Crippen LogP contribution in [0.1, 0.15) is 6.42 Å². The minimum absolute atomic E-state index is 0.110. The fourth-order valence-electron chi connectivity index (χ4n) is 1.05. The van der Waals surface area contributed by atoms with Crippen molar-refractivity contribution < 1.29 is 5.11 Å². The quantitative estimate of drug-likeness (QED) is 0.532. The third-order valence-corrected chi connectivity index (χ3v) is 1.52. The predicted molar refractivity (Wildman–Crippen MR) is 38.7 cm³/mol. The number of hydrogen-bond acceptors (Lipinski definition) is 2. The van der Waals surface area contributed by atoms with E-state index in [1.165, 1.54) is 0 Å². The van der Waals surface area contributed by atoms with Crippen LogP contribution in [-0.4, -0.2) is 10.8 Å². The molecule has 0 aromatic carbocycles. The first kappa shape index (κ1) is 5.47. The van der Waals surface area contributed by atoms with E-state index in [4.69, 9.17) is 5.11 Å². The van der Waals surface area contributed by atoms with E-state index < -0.39 is 0 Å². The Morgan fingerprint density at radius 2 is 2.50 bits per heavy atom. The summed E-state index contributed by atoms with van der Waals surface area (Å²) >= 11 is 0. The van der Waals surface area contributed by atoms with Gasteiger partial charge in [-0.05, 0) is 6.08 Å². The monoisotopic (exact) mass is 132 g/mol. The summed E-state index contributed by atoms with van der Waals surface area (Å²) in [6.45, 7) is 0. The molecular formula is C8H6NO. The lowest BCUT2D eigenvalue weighted by atomic mass is 10.0. The van der Waals surface area contributed by atoms with Gasteiger partial charge in [-0.15, -0.1) is 0 Å². The van der Waals surface area contributed by atoms with Crippen LogP contribution in [0.15, 0.2) is 34.7 Å². The Kier molecular flexibility index (Phi) is 1.01. The topological polar surface area (TPSA) is 32.6 Å². The Morgan fingerprint density at radius 3 is 3.30 bits per heavy atom. The summed E-state index contributed by atoms with van der Waals surface area (Å²) in [5.74, 6) is 0.110. The largest absolute Gasteiger partial charge is 0.493 e. The zero-order chi connectivity index (χ0) is 6.97. The Balaban J connectivity index is 2.45. The van der Waals surface area contributed by atoms with Gasteiger partial charge in [0.05, 0.1) is 5.71 Å². The van der Waals surface area contributed by atoms with Gasteiger partial charge in [0.2, 0.25) is 5.88 Å². The van der Waals surface area contributed by atoms with Crippen LogP contribution in [0, 0.1) is 6.08 Å². The van der Waals surface area contributed by atoms with Crippen LogP contribution < -0.4 is 0 Å². The molecule has 1 aliphatic carbocycles. The standard InChI is InChI=1S/C8H6NO/c10-8-5-6-3-1-2-4-7(6)9-8/h1,3,5,10H,4H2. The zero-order valence-corrected chi connectivity index (χ0v) is 5.33. The average Bonchev–Trinajstić information content (AvgIpc) is 2.27. The van der Waals surface area contributed by atoms with Crippen molar-refractivity contribution in [2.75, 3.05) is 0 Å². The number of nitrogens with zero attached hydrogens (tertiary/aromatic N) is 1. The van der Waals surface area contributed by atoms with Gasteiger partial charge in [0.15, 0.2) is 0 Å². The van der Waals surface area contributed by atoms with Gasteiger partial charge in [0.1, 0.15) is 0 Å². The summed E-state index contributed by atoms with van der Waals surface area (Å²) in [4.78, 5) is 3.89. The van der Waals surface area contributed by atoms with Gasteiger partial charge in [-0.25, -0.2) is 4.99 Å². The molecule has 2 heteroatoms. The van der Waals surface area contributed by atoms with E-state index >= 15 is 0 Å². The molecule has 0 fully saturated rings. The average molecular weight is 132 g/mol. The van der Waals surface area contributed by atoms with Gasteiger partial charge in [0.25, 0.3) is 0 Å². The number of fused-ring (bicyclic) bond motifs is 1. The fourth-order valence-corrected chi connectivity index (χ4v) is 1.05. The molecule has 0 spiro atoms. The zero-order valence-electron chi connectivity index (χ0n) is 5.33. The summed E-state index contributed by atoms with van der Waals surface area (Å²) in [7, 11) is 0. The maximum atomic E-state index is 8.95. The Bertz CT molecular complexity index is 282. The summed E-state index contributed by atoms with van der Waals surface area (Å²) in [6.07, 6.45) is 9.12. The molecular weight excluding hydrogens is 126 g/mol. The third kappa shape index (κ3) is 0.692. The highest BCUT2D eigenvalue weighted by Gasteiger charge is 2.13.